The fourth-order valence-electron chi connectivity index (χ4n) is 3.69. The predicted molar refractivity (Wildman–Crippen MR) is 140 cm³/mol. The van der Waals surface area contributed by atoms with Gasteiger partial charge in [-0.25, -0.2) is 8.42 Å². The van der Waals surface area contributed by atoms with E-state index in [-0.39, 0.29) is 10.8 Å². The molecule has 1 N–H and O–H groups in total. The lowest BCUT2D eigenvalue weighted by Crippen LogP contribution is -2.27. The Labute approximate surface area is 212 Å². The first-order valence-electron chi connectivity index (χ1n) is 11.6. The molecule has 3 aromatic carbocycles. The van der Waals surface area contributed by atoms with Gasteiger partial charge in [-0.2, -0.15) is 0 Å². The van der Waals surface area contributed by atoms with Crippen LogP contribution in [-0.4, -0.2) is 48.7 Å². The maximum Gasteiger partial charge on any atom is 0.264 e. The minimum Gasteiger partial charge on any atom is -0.494 e. The number of nitrogens with zero attached hydrogens (tertiary/aromatic N) is 1. The van der Waals surface area contributed by atoms with Crippen molar-refractivity contribution in [2.24, 2.45) is 0 Å². The van der Waals surface area contributed by atoms with Gasteiger partial charge in [-0.3, -0.25) is 9.10 Å². The van der Waals surface area contributed by atoms with E-state index in [0.29, 0.717) is 35.9 Å². The predicted octanol–water partition coefficient (Wildman–Crippen LogP) is 4.29. The van der Waals surface area contributed by atoms with Crippen LogP contribution in [0.2, 0.25) is 0 Å². The maximum atomic E-state index is 13.1. The molecule has 0 spiro atoms. The zero-order chi connectivity index (χ0) is 26.1. The van der Waals surface area contributed by atoms with E-state index in [1.165, 1.54) is 33.4 Å². The fourth-order valence-corrected chi connectivity index (χ4v) is 4.90. The summed E-state index contributed by atoms with van der Waals surface area (Å²) in [7, 11) is 0.542. The molecule has 0 atom stereocenters. The second-order valence-electron chi connectivity index (χ2n) is 7.94. The Morgan fingerprint density at radius 2 is 1.61 bits per heavy atom. The third kappa shape index (κ3) is 6.28. The van der Waals surface area contributed by atoms with Crippen LogP contribution in [0.3, 0.4) is 0 Å². The van der Waals surface area contributed by atoms with Crippen LogP contribution in [0.25, 0.3) is 0 Å². The number of anilines is 1. The molecule has 0 aromatic heterocycles. The summed E-state index contributed by atoms with van der Waals surface area (Å²) in [4.78, 5) is 12.6. The Balaban J connectivity index is 1.60. The highest BCUT2D eigenvalue weighted by Gasteiger charge is 2.23. The van der Waals surface area contributed by atoms with Crippen molar-refractivity contribution in [2.75, 3.05) is 38.7 Å². The van der Waals surface area contributed by atoms with E-state index in [9.17, 15) is 13.2 Å². The third-order valence-electron chi connectivity index (χ3n) is 5.69. The second-order valence-corrected chi connectivity index (χ2v) is 9.91. The summed E-state index contributed by atoms with van der Waals surface area (Å²) in [6.07, 6.45) is 1.55. The van der Waals surface area contributed by atoms with Crippen molar-refractivity contribution < 1.29 is 27.4 Å². The smallest absolute Gasteiger partial charge is 0.264 e. The fraction of sp³-hybridized carbons (Fsp3) is 0.296. The molecule has 1 amide bonds. The Morgan fingerprint density at radius 1 is 0.917 bits per heavy atom. The third-order valence-corrected chi connectivity index (χ3v) is 7.47. The molecule has 0 saturated carbocycles. The van der Waals surface area contributed by atoms with Crippen molar-refractivity contribution >= 4 is 21.6 Å². The summed E-state index contributed by atoms with van der Waals surface area (Å²) in [5, 5.41) is 2.91. The van der Waals surface area contributed by atoms with Gasteiger partial charge in [0.2, 0.25) is 0 Å². The van der Waals surface area contributed by atoms with Gasteiger partial charge in [-0.1, -0.05) is 18.2 Å². The van der Waals surface area contributed by atoms with E-state index in [2.05, 4.69) is 5.32 Å². The van der Waals surface area contributed by atoms with Crippen LogP contribution >= 0.6 is 0 Å². The lowest BCUT2D eigenvalue weighted by Gasteiger charge is -2.20. The molecule has 192 valence electrons. The number of para-hydroxylation sites is 1. The van der Waals surface area contributed by atoms with Crippen LogP contribution in [0.4, 0.5) is 5.69 Å². The summed E-state index contributed by atoms with van der Waals surface area (Å²) in [6, 6.07) is 18.7. The minimum atomic E-state index is -3.85. The Kier molecular flexibility index (Phi) is 9.19. The average molecular weight is 513 g/mol. The molecule has 0 aliphatic heterocycles. The molecule has 3 aromatic rings. The molecule has 0 saturated heterocycles. The Hall–Kier alpha value is -3.72. The van der Waals surface area contributed by atoms with Gasteiger partial charge in [0.05, 0.1) is 31.4 Å². The van der Waals surface area contributed by atoms with Crippen LogP contribution in [-0.2, 0) is 16.4 Å². The number of sulfonamides is 1. The van der Waals surface area contributed by atoms with E-state index >= 15 is 0 Å². The van der Waals surface area contributed by atoms with Gasteiger partial charge in [0.25, 0.3) is 15.9 Å². The van der Waals surface area contributed by atoms with Gasteiger partial charge >= 0.3 is 0 Å². The standard InChI is InChI=1S/C27H32N2O6S/c1-5-35-24-11-7-6-9-20(24)10-8-18-28-27(30)21-12-14-22(15-13-21)29(2)36(31,32)23-16-17-25(33-3)26(19-23)34-4/h6-7,9,11-17,19H,5,8,10,18H2,1-4H3,(H,28,30). The largest absolute Gasteiger partial charge is 0.494 e. The van der Waals surface area contributed by atoms with Gasteiger partial charge in [0.1, 0.15) is 5.75 Å². The Morgan fingerprint density at radius 3 is 2.28 bits per heavy atom. The summed E-state index contributed by atoms with van der Waals surface area (Å²) in [5.41, 5.74) is 1.98. The highest BCUT2D eigenvalue weighted by Crippen LogP contribution is 2.31. The number of carbonyl (C=O) groups excluding carboxylic acids is 1. The van der Waals surface area contributed by atoms with Crippen LogP contribution in [0.1, 0.15) is 29.3 Å². The van der Waals surface area contributed by atoms with Crippen molar-refractivity contribution in [1.82, 2.24) is 5.32 Å². The molecule has 0 aliphatic carbocycles. The zero-order valence-electron chi connectivity index (χ0n) is 21.0. The first-order chi connectivity index (χ1) is 17.3. The molecule has 0 unspecified atom stereocenters. The summed E-state index contributed by atoms with van der Waals surface area (Å²) in [6.45, 7) is 3.06. The first kappa shape index (κ1) is 26.9. The van der Waals surface area contributed by atoms with E-state index < -0.39 is 10.0 Å². The summed E-state index contributed by atoms with van der Waals surface area (Å²) < 4.78 is 43.4. The van der Waals surface area contributed by atoms with Crippen molar-refractivity contribution in [3.8, 4) is 17.2 Å². The molecule has 9 heteroatoms. The molecular weight excluding hydrogens is 480 g/mol. The number of methoxy groups -OCH3 is 2. The highest BCUT2D eigenvalue weighted by molar-refractivity contribution is 7.92. The molecular formula is C27H32N2O6S. The second kappa shape index (κ2) is 12.3. The topological polar surface area (TPSA) is 94.2 Å². The average Bonchev–Trinajstić information content (AvgIpc) is 2.91. The Bertz CT molecular complexity index is 1280. The first-order valence-corrected chi connectivity index (χ1v) is 13.1. The molecule has 0 aliphatic rings. The molecule has 36 heavy (non-hydrogen) atoms. The molecule has 0 fully saturated rings. The summed E-state index contributed by atoms with van der Waals surface area (Å²) >= 11 is 0. The van der Waals surface area contributed by atoms with Crippen LogP contribution in [0.15, 0.2) is 71.6 Å². The van der Waals surface area contributed by atoms with Gasteiger partial charge in [-0.15, -0.1) is 0 Å². The molecule has 0 radical (unpaired) electrons. The SMILES string of the molecule is CCOc1ccccc1CCCNC(=O)c1ccc(N(C)S(=O)(=O)c2ccc(OC)c(OC)c2)cc1. The monoisotopic (exact) mass is 512 g/mol. The number of amides is 1. The molecule has 0 bridgehead atoms. The number of benzene rings is 3. The van der Waals surface area contributed by atoms with Crippen molar-refractivity contribution in [1.29, 1.82) is 0 Å². The van der Waals surface area contributed by atoms with E-state index in [4.69, 9.17) is 14.2 Å². The zero-order valence-corrected chi connectivity index (χ0v) is 21.8. The van der Waals surface area contributed by atoms with Gasteiger partial charge in [0.15, 0.2) is 11.5 Å². The number of rotatable bonds is 12. The summed E-state index contributed by atoms with van der Waals surface area (Å²) in [5.74, 6) is 1.41. The number of nitrogens with one attached hydrogen (secondary N) is 1. The van der Waals surface area contributed by atoms with Gasteiger partial charge < -0.3 is 19.5 Å². The lowest BCUT2D eigenvalue weighted by atomic mass is 10.1. The van der Waals surface area contributed by atoms with E-state index in [0.717, 1.165) is 28.5 Å². The lowest BCUT2D eigenvalue weighted by molar-refractivity contribution is 0.0953. The van der Waals surface area contributed by atoms with E-state index in [1.54, 1.807) is 30.3 Å². The van der Waals surface area contributed by atoms with Gasteiger partial charge in [-0.05, 0) is 67.8 Å². The molecule has 0 heterocycles. The van der Waals surface area contributed by atoms with Crippen molar-refractivity contribution in [2.45, 2.75) is 24.7 Å². The van der Waals surface area contributed by atoms with Crippen molar-refractivity contribution in [3.05, 3.63) is 77.9 Å². The molecule has 3 rings (SSSR count). The number of ether oxygens (including phenoxy) is 3. The number of carbonyl (C=O) groups is 1. The maximum absolute atomic E-state index is 13.1. The number of hydrogen-bond acceptors (Lipinski definition) is 6. The van der Waals surface area contributed by atoms with Crippen LogP contribution in [0, 0.1) is 0 Å². The van der Waals surface area contributed by atoms with Crippen LogP contribution < -0.4 is 23.8 Å². The number of aryl methyl sites for hydroxylation is 1. The normalized spacial score (nSPS) is 11.0. The quantitative estimate of drug-likeness (QED) is 0.364. The minimum absolute atomic E-state index is 0.0652. The van der Waals surface area contributed by atoms with E-state index in [1.807, 2.05) is 31.2 Å². The highest BCUT2D eigenvalue weighted by atomic mass is 32.2. The van der Waals surface area contributed by atoms with Gasteiger partial charge in [0, 0.05) is 25.2 Å². The molecule has 8 nitrogen and oxygen atoms in total. The van der Waals surface area contributed by atoms with Crippen LogP contribution in [0.5, 0.6) is 17.2 Å². The van der Waals surface area contributed by atoms with Crippen molar-refractivity contribution in [3.63, 3.8) is 0 Å². The number of hydrogen-bond donors (Lipinski definition) is 1.